The molecule has 74 heavy (non-hydrogen) atoms. The van der Waals surface area contributed by atoms with Crippen LogP contribution in [0.4, 0.5) is 10.5 Å². The van der Waals surface area contributed by atoms with Crippen LogP contribution in [0.2, 0.25) is 0 Å². The average molecular weight is 1040 g/mol. The first-order valence-electron chi connectivity index (χ1n) is 24.8. The summed E-state index contributed by atoms with van der Waals surface area (Å²) in [6.07, 6.45) is 6.74. The van der Waals surface area contributed by atoms with E-state index >= 15 is 0 Å². The van der Waals surface area contributed by atoms with E-state index in [9.17, 15) is 47.1 Å². The van der Waals surface area contributed by atoms with Gasteiger partial charge in [-0.05, 0) is 107 Å². The number of carbonyl (C=O) groups is 6. The van der Waals surface area contributed by atoms with Crippen molar-refractivity contribution in [1.82, 2.24) is 40.8 Å². The number of hydrogen-bond donors (Lipinski definition) is 6. The number of fused-ring (bicyclic) bond motifs is 5. The molecule has 6 N–H and O–H groups in total. The lowest BCUT2D eigenvalue weighted by Crippen LogP contribution is -2.55. The Kier molecular flexibility index (Phi) is 16.6. The molecular formula is C52H63N9O12S. The van der Waals surface area contributed by atoms with Crippen LogP contribution in [-0.2, 0) is 74.9 Å². The number of sulfone groups is 1. The SMILES string of the molecule is CC[C@@]1(O)C(=O)OCc2c1cc1n(c2=O)Cc2c-1nc1ccc(NC(=O)CNC(=O)[C@H](CCCCNC(=O)OC(C)(C)C)NC(=O)[C@@H](NC(=O)CCCC#Cc3cnc(S(C)(=O)=O)nc3)C(C)C)c3c1c2CCC3. The highest BCUT2D eigenvalue weighted by Gasteiger charge is 2.46. The zero-order valence-corrected chi connectivity index (χ0v) is 43.5. The molecule has 0 spiro atoms. The monoisotopic (exact) mass is 1040 g/mol. The van der Waals surface area contributed by atoms with Crippen molar-refractivity contribution in [2.75, 3.05) is 24.7 Å². The molecular weight excluding hydrogens is 975 g/mol. The Morgan fingerprint density at radius 2 is 1.68 bits per heavy atom. The highest BCUT2D eigenvalue weighted by atomic mass is 32.2. The maximum Gasteiger partial charge on any atom is 0.407 e. The Labute approximate surface area is 428 Å². The summed E-state index contributed by atoms with van der Waals surface area (Å²) in [6, 6.07) is 3.07. The molecule has 0 saturated heterocycles. The van der Waals surface area contributed by atoms with Gasteiger partial charge in [-0.2, -0.15) is 0 Å². The summed E-state index contributed by atoms with van der Waals surface area (Å²) in [5.41, 5.74) is 2.85. The number of unbranched alkanes of at least 4 members (excludes halogenated alkanes) is 2. The number of rotatable bonds is 18. The van der Waals surface area contributed by atoms with Crippen molar-refractivity contribution in [3.8, 4) is 23.2 Å². The number of pyridine rings is 2. The highest BCUT2D eigenvalue weighted by molar-refractivity contribution is 7.90. The predicted molar refractivity (Wildman–Crippen MR) is 271 cm³/mol. The second-order valence-corrected chi connectivity index (χ2v) is 22.0. The third kappa shape index (κ3) is 12.4. The number of hydrogen-bond acceptors (Lipinski definition) is 15. The molecule has 5 amide bonds. The summed E-state index contributed by atoms with van der Waals surface area (Å²) in [5.74, 6) is 2.38. The molecule has 0 radical (unpaired) electrons. The summed E-state index contributed by atoms with van der Waals surface area (Å²) in [4.78, 5) is 106. The molecule has 21 nitrogen and oxygen atoms in total. The van der Waals surface area contributed by atoms with Gasteiger partial charge in [-0.3, -0.25) is 24.0 Å². The largest absolute Gasteiger partial charge is 0.458 e. The summed E-state index contributed by atoms with van der Waals surface area (Å²) in [7, 11) is -3.55. The van der Waals surface area contributed by atoms with Gasteiger partial charge in [0.05, 0.1) is 41.1 Å². The fraction of sp³-hybridized carbons (Fsp3) is 0.500. The van der Waals surface area contributed by atoms with E-state index in [0.29, 0.717) is 66.7 Å². The van der Waals surface area contributed by atoms with Gasteiger partial charge in [0.2, 0.25) is 38.6 Å². The van der Waals surface area contributed by atoms with Crippen LogP contribution in [0.1, 0.15) is 126 Å². The number of aliphatic hydroxyl groups is 1. The van der Waals surface area contributed by atoms with Crippen molar-refractivity contribution in [1.29, 1.82) is 0 Å². The smallest absolute Gasteiger partial charge is 0.407 e. The number of alkyl carbamates (subject to hydrolysis) is 1. The number of nitrogens with zero attached hydrogens (tertiary/aromatic N) is 4. The second-order valence-electron chi connectivity index (χ2n) is 20.1. The number of amides is 5. The number of carbonyl (C=O) groups excluding carboxylic acids is 6. The van der Waals surface area contributed by atoms with E-state index in [1.54, 1.807) is 64.3 Å². The van der Waals surface area contributed by atoms with E-state index < -0.39 is 75.4 Å². The first kappa shape index (κ1) is 54.5. The number of esters is 1. The minimum absolute atomic E-state index is 0.0238. The zero-order valence-electron chi connectivity index (χ0n) is 42.7. The Morgan fingerprint density at radius 3 is 2.36 bits per heavy atom. The number of ether oxygens (including phenoxy) is 2. The molecule has 22 heteroatoms. The summed E-state index contributed by atoms with van der Waals surface area (Å²) >= 11 is 0. The van der Waals surface area contributed by atoms with Gasteiger partial charge in [-0.1, -0.05) is 32.6 Å². The third-order valence-corrected chi connectivity index (χ3v) is 13.9. The maximum atomic E-state index is 13.9. The van der Waals surface area contributed by atoms with Gasteiger partial charge in [0.1, 0.15) is 24.3 Å². The molecule has 394 valence electrons. The van der Waals surface area contributed by atoms with Gasteiger partial charge in [-0.15, -0.1) is 0 Å². The Bertz CT molecular complexity index is 3140. The van der Waals surface area contributed by atoms with Crippen molar-refractivity contribution in [3.05, 3.63) is 74.3 Å². The fourth-order valence-corrected chi connectivity index (χ4v) is 9.77. The molecule has 3 aromatic heterocycles. The third-order valence-electron chi connectivity index (χ3n) is 13.0. The number of aromatic nitrogens is 4. The zero-order chi connectivity index (χ0) is 53.7. The van der Waals surface area contributed by atoms with Crippen molar-refractivity contribution in [2.24, 2.45) is 5.92 Å². The van der Waals surface area contributed by atoms with Crippen LogP contribution in [0.25, 0.3) is 22.3 Å². The van der Waals surface area contributed by atoms with Crippen molar-refractivity contribution in [2.45, 2.75) is 147 Å². The van der Waals surface area contributed by atoms with Gasteiger partial charge >= 0.3 is 12.1 Å². The van der Waals surface area contributed by atoms with Crippen LogP contribution in [0.15, 0.2) is 40.5 Å². The molecule has 0 bridgehead atoms. The first-order chi connectivity index (χ1) is 35.0. The molecule has 0 fully saturated rings. The van der Waals surface area contributed by atoms with E-state index in [1.165, 1.54) is 12.4 Å². The lowest BCUT2D eigenvalue weighted by Gasteiger charge is -2.31. The highest BCUT2D eigenvalue weighted by Crippen LogP contribution is 2.43. The number of anilines is 1. The van der Waals surface area contributed by atoms with Crippen LogP contribution < -0.4 is 32.1 Å². The van der Waals surface area contributed by atoms with E-state index in [2.05, 4.69) is 48.4 Å². The molecule has 1 aromatic carbocycles. The van der Waals surface area contributed by atoms with Gasteiger partial charge < -0.3 is 45.7 Å². The molecule has 5 heterocycles. The Balaban J connectivity index is 1.00. The number of nitrogens with one attached hydrogen (secondary N) is 5. The maximum absolute atomic E-state index is 13.9. The van der Waals surface area contributed by atoms with E-state index in [1.807, 2.05) is 0 Å². The van der Waals surface area contributed by atoms with Crippen LogP contribution in [-0.4, -0.2) is 106 Å². The molecule has 7 rings (SSSR count). The first-order valence-corrected chi connectivity index (χ1v) is 26.7. The Hall–Kier alpha value is -7.25. The topological polar surface area (TPSA) is 296 Å². The number of benzene rings is 1. The molecule has 0 saturated carbocycles. The minimum atomic E-state index is -3.55. The standard InChI is InChI=1S/C52H63N9O12S/c1-8-52(69)35-23-39-44-33(27-61(39)47(66)34(35)28-72-48(52)67)31-16-14-17-32-36(20-21-37(58-44)42(31)32)57-41(63)26-54-45(64)38(18-12-13-22-53-50(68)73-51(4,5)6)59-46(65)43(29(2)3)60-40(62)19-11-9-10-15-30-24-55-49(56-25-30)74(7,70)71/h20-21,23-25,29,38,43,69H,8-9,11-14,16-19,22,26-28H2,1-7H3,(H,53,68)(H,54,64)(H,57,63)(H,59,65)(H,60,62)/t38-,43-,52-/m0/s1. The van der Waals surface area contributed by atoms with Crippen LogP contribution >= 0.6 is 0 Å². The number of cyclic esters (lactones) is 1. The van der Waals surface area contributed by atoms with Crippen LogP contribution in [0, 0.1) is 17.8 Å². The second kappa shape index (κ2) is 22.5. The molecule has 3 atom stereocenters. The summed E-state index contributed by atoms with van der Waals surface area (Å²) < 4.78 is 35.4. The van der Waals surface area contributed by atoms with E-state index in [0.717, 1.165) is 34.8 Å². The van der Waals surface area contributed by atoms with Crippen molar-refractivity contribution >= 4 is 62.1 Å². The molecule has 1 aliphatic carbocycles. The summed E-state index contributed by atoms with van der Waals surface area (Å²) in [6.45, 7) is 10.2. The van der Waals surface area contributed by atoms with Gasteiger partial charge in [0, 0.05) is 60.2 Å². The minimum Gasteiger partial charge on any atom is -0.458 e. The number of aryl methyl sites for hydroxylation is 2. The van der Waals surface area contributed by atoms with Gasteiger partial charge in [-0.25, -0.2) is 33.0 Å². The van der Waals surface area contributed by atoms with E-state index in [-0.39, 0.29) is 66.7 Å². The van der Waals surface area contributed by atoms with Crippen LogP contribution in [0.5, 0.6) is 0 Å². The lowest BCUT2D eigenvalue weighted by atomic mass is 9.85. The predicted octanol–water partition coefficient (Wildman–Crippen LogP) is 3.36. The van der Waals surface area contributed by atoms with E-state index in [4.69, 9.17) is 14.5 Å². The van der Waals surface area contributed by atoms with Gasteiger partial charge in [0.15, 0.2) is 5.60 Å². The molecule has 0 unspecified atom stereocenters. The molecule has 4 aromatic rings. The molecule has 3 aliphatic rings. The average Bonchev–Trinajstić information content (AvgIpc) is 3.72. The normalized spacial score (nSPS) is 16.3. The fourth-order valence-electron chi connectivity index (χ4n) is 9.28. The summed E-state index contributed by atoms with van der Waals surface area (Å²) in [5, 5.41) is 25.7. The Morgan fingerprint density at radius 1 is 0.946 bits per heavy atom. The lowest BCUT2D eigenvalue weighted by molar-refractivity contribution is -0.172. The quantitative estimate of drug-likeness (QED) is 0.0318. The molecule has 2 aliphatic heterocycles. The van der Waals surface area contributed by atoms with Crippen molar-refractivity contribution < 1.29 is 51.8 Å². The van der Waals surface area contributed by atoms with Crippen molar-refractivity contribution in [3.63, 3.8) is 0 Å². The van der Waals surface area contributed by atoms with Crippen LogP contribution in [0.3, 0.4) is 0 Å². The van der Waals surface area contributed by atoms with Gasteiger partial charge in [0.25, 0.3) is 5.56 Å².